The average molecular weight is 321 g/mol. The number of nitrogens with zero attached hydrogens (tertiary/aromatic N) is 4. The summed E-state index contributed by atoms with van der Waals surface area (Å²) in [4.78, 5) is 12.1. The highest BCUT2D eigenvalue weighted by Crippen LogP contribution is 2.15. The number of carbonyl (C=O) groups excluding carboxylic acids is 1. The summed E-state index contributed by atoms with van der Waals surface area (Å²) in [6, 6.07) is -0.216. The summed E-state index contributed by atoms with van der Waals surface area (Å²) in [7, 11) is 1.64. The van der Waals surface area contributed by atoms with Crippen LogP contribution in [0.25, 0.3) is 0 Å². The molecule has 2 rings (SSSR count). The lowest BCUT2D eigenvalue weighted by molar-refractivity contribution is -0.121. The molecule has 1 atom stereocenters. The minimum absolute atomic E-state index is 0.0428. The van der Waals surface area contributed by atoms with E-state index in [1.807, 2.05) is 25.3 Å². The number of rotatable bonds is 8. The molecule has 0 bridgehead atoms. The Morgan fingerprint density at radius 1 is 1.48 bits per heavy atom. The largest absolute Gasteiger partial charge is 0.383 e. The van der Waals surface area contributed by atoms with E-state index in [0.29, 0.717) is 31.8 Å². The van der Waals surface area contributed by atoms with Gasteiger partial charge in [0.2, 0.25) is 5.91 Å². The van der Waals surface area contributed by atoms with Gasteiger partial charge in [-0.15, -0.1) is 10.2 Å². The highest BCUT2D eigenvalue weighted by Gasteiger charge is 2.17. The third kappa shape index (κ3) is 4.38. The molecule has 2 aromatic heterocycles. The van der Waals surface area contributed by atoms with Crippen molar-refractivity contribution in [2.75, 3.05) is 13.7 Å². The van der Waals surface area contributed by atoms with Crippen LogP contribution in [0.15, 0.2) is 10.9 Å². The number of ether oxygens (including phenoxy) is 1. The second kappa shape index (κ2) is 7.87. The van der Waals surface area contributed by atoms with Crippen LogP contribution < -0.4 is 5.32 Å². The summed E-state index contributed by atoms with van der Waals surface area (Å²) in [5.74, 6) is 1.44. The Labute approximate surface area is 135 Å². The Bertz CT molecular complexity index is 630. The first-order valence-electron chi connectivity index (χ1n) is 7.60. The SMILES string of the molecule is COCCn1cnnc1C(C)NC(=O)CCc1c(C)noc1C. The maximum absolute atomic E-state index is 12.1. The van der Waals surface area contributed by atoms with Crippen molar-refractivity contribution < 1.29 is 14.1 Å². The van der Waals surface area contributed by atoms with E-state index in [0.717, 1.165) is 17.0 Å². The Morgan fingerprint density at radius 2 is 2.26 bits per heavy atom. The van der Waals surface area contributed by atoms with E-state index < -0.39 is 0 Å². The zero-order valence-corrected chi connectivity index (χ0v) is 14.0. The topological polar surface area (TPSA) is 95.1 Å². The van der Waals surface area contributed by atoms with Gasteiger partial charge >= 0.3 is 0 Å². The second-order valence-corrected chi connectivity index (χ2v) is 5.47. The third-order valence-corrected chi connectivity index (χ3v) is 3.73. The molecule has 8 heteroatoms. The maximum Gasteiger partial charge on any atom is 0.220 e. The summed E-state index contributed by atoms with van der Waals surface area (Å²) in [5.41, 5.74) is 1.83. The number of hydrogen-bond donors (Lipinski definition) is 1. The van der Waals surface area contributed by atoms with Crippen LogP contribution >= 0.6 is 0 Å². The lowest BCUT2D eigenvalue weighted by atomic mass is 10.1. The van der Waals surface area contributed by atoms with E-state index in [1.54, 1.807) is 13.4 Å². The molecule has 0 radical (unpaired) electrons. The molecule has 8 nitrogen and oxygen atoms in total. The molecule has 2 aromatic rings. The van der Waals surface area contributed by atoms with E-state index >= 15 is 0 Å². The van der Waals surface area contributed by atoms with Gasteiger partial charge in [0.1, 0.15) is 12.1 Å². The molecule has 0 spiro atoms. The molecular weight excluding hydrogens is 298 g/mol. The van der Waals surface area contributed by atoms with Crippen LogP contribution in [0.1, 0.15) is 42.2 Å². The Balaban J connectivity index is 1.89. The van der Waals surface area contributed by atoms with Crippen LogP contribution in [0.4, 0.5) is 0 Å². The number of aromatic nitrogens is 4. The van der Waals surface area contributed by atoms with Crippen molar-refractivity contribution in [2.24, 2.45) is 0 Å². The molecule has 0 aliphatic heterocycles. The van der Waals surface area contributed by atoms with E-state index in [4.69, 9.17) is 9.26 Å². The quantitative estimate of drug-likeness (QED) is 0.788. The molecule has 0 fully saturated rings. The van der Waals surface area contributed by atoms with Crippen LogP contribution in [-0.4, -0.2) is 39.5 Å². The Morgan fingerprint density at radius 3 is 2.91 bits per heavy atom. The van der Waals surface area contributed by atoms with Crippen LogP contribution in [-0.2, 0) is 22.5 Å². The van der Waals surface area contributed by atoms with Crippen molar-refractivity contribution in [3.63, 3.8) is 0 Å². The maximum atomic E-state index is 12.1. The molecular formula is C15H23N5O3. The van der Waals surface area contributed by atoms with Gasteiger partial charge in [0.25, 0.3) is 0 Å². The first-order valence-corrected chi connectivity index (χ1v) is 7.60. The molecule has 0 saturated carbocycles. The van der Waals surface area contributed by atoms with E-state index in [2.05, 4.69) is 20.7 Å². The van der Waals surface area contributed by atoms with Gasteiger partial charge < -0.3 is 19.1 Å². The summed E-state index contributed by atoms with van der Waals surface area (Å²) >= 11 is 0. The van der Waals surface area contributed by atoms with Gasteiger partial charge in [0.15, 0.2) is 5.82 Å². The molecule has 2 heterocycles. The number of methoxy groups -OCH3 is 1. The molecule has 23 heavy (non-hydrogen) atoms. The van der Waals surface area contributed by atoms with E-state index in [1.165, 1.54) is 0 Å². The normalized spacial score (nSPS) is 12.3. The molecule has 0 aromatic carbocycles. The minimum atomic E-state index is -0.216. The Hall–Kier alpha value is -2.22. The first-order chi connectivity index (χ1) is 11.0. The van der Waals surface area contributed by atoms with Gasteiger partial charge in [-0.3, -0.25) is 4.79 Å². The Kier molecular flexibility index (Phi) is 5.86. The van der Waals surface area contributed by atoms with Crippen LogP contribution in [0.2, 0.25) is 0 Å². The van der Waals surface area contributed by atoms with Crippen molar-refractivity contribution in [3.05, 3.63) is 29.2 Å². The molecule has 1 N–H and O–H groups in total. The average Bonchev–Trinajstić information content (AvgIpc) is 3.10. The summed E-state index contributed by atoms with van der Waals surface area (Å²) in [5, 5.41) is 14.8. The first kappa shape index (κ1) is 17.1. The summed E-state index contributed by atoms with van der Waals surface area (Å²) in [6.45, 7) is 6.84. The highest BCUT2D eigenvalue weighted by molar-refractivity contribution is 5.76. The molecule has 126 valence electrons. The van der Waals surface area contributed by atoms with Crippen LogP contribution in [0.5, 0.6) is 0 Å². The fourth-order valence-electron chi connectivity index (χ4n) is 2.44. The van der Waals surface area contributed by atoms with E-state index in [9.17, 15) is 4.79 Å². The van der Waals surface area contributed by atoms with Gasteiger partial charge in [0.05, 0.1) is 18.3 Å². The monoisotopic (exact) mass is 321 g/mol. The number of amides is 1. The van der Waals surface area contributed by atoms with E-state index in [-0.39, 0.29) is 11.9 Å². The van der Waals surface area contributed by atoms with Gasteiger partial charge in [-0.2, -0.15) is 0 Å². The summed E-state index contributed by atoms with van der Waals surface area (Å²) < 4.78 is 12.0. The predicted molar refractivity (Wildman–Crippen MR) is 82.8 cm³/mol. The zero-order chi connectivity index (χ0) is 16.8. The number of nitrogens with one attached hydrogen (secondary N) is 1. The van der Waals surface area contributed by atoms with Gasteiger partial charge in [-0.05, 0) is 27.2 Å². The van der Waals surface area contributed by atoms with Gasteiger partial charge in [-0.1, -0.05) is 5.16 Å². The minimum Gasteiger partial charge on any atom is -0.383 e. The standard InChI is InChI=1S/C15H23N5O3/c1-10-13(12(3)23-19-10)5-6-14(21)17-11(2)15-18-16-9-20(15)7-8-22-4/h9,11H,5-8H2,1-4H3,(H,17,21). The smallest absolute Gasteiger partial charge is 0.220 e. The second-order valence-electron chi connectivity index (χ2n) is 5.47. The predicted octanol–water partition coefficient (Wildman–Crippen LogP) is 1.34. The molecule has 0 aliphatic carbocycles. The molecule has 1 unspecified atom stereocenters. The summed E-state index contributed by atoms with van der Waals surface area (Å²) in [6.07, 6.45) is 2.62. The molecule has 0 aliphatic rings. The van der Waals surface area contributed by atoms with Crippen molar-refractivity contribution in [2.45, 2.75) is 46.2 Å². The molecule has 0 saturated heterocycles. The van der Waals surface area contributed by atoms with Gasteiger partial charge in [0, 0.05) is 25.6 Å². The van der Waals surface area contributed by atoms with Crippen molar-refractivity contribution in [1.29, 1.82) is 0 Å². The van der Waals surface area contributed by atoms with Crippen molar-refractivity contribution in [3.8, 4) is 0 Å². The lowest BCUT2D eigenvalue weighted by Gasteiger charge is -2.14. The fourth-order valence-corrected chi connectivity index (χ4v) is 2.44. The lowest BCUT2D eigenvalue weighted by Crippen LogP contribution is -2.29. The van der Waals surface area contributed by atoms with Crippen LogP contribution in [0.3, 0.4) is 0 Å². The van der Waals surface area contributed by atoms with Crippen molar-refractivity contribution >= 4 is 5.91 Å². The third-order valence-electron chi connectivity index (χ3n) is 3.73. The van der Waals surface area contributed by atoms with Gasteiger partial charge in [-0.25, -0.2) is 0 Å². The number of carbonyl (C=O) groups is 1. The number of aryl methyl sites for hydroxylation is 2. The highest BCUT2D eigenvalue weighted by atomic mass is 16.5. The fraction of sp³-hybridized carbons (Fsp3) is 0.600. The zero-order valence-electron chi connectivity index (χ0n) is 14.0. The van der Waals surface area contributed by atoms with Crippen LogP contribution in [0, 0.1) is 13.8 Å². The number of hydrogen-bond acceptors (Lipinski definition) is 6. The molecule has 1 amide bonds. The van der Waals surface area contributed by atoms with Crippen molar-refractivity contribution in [1.82, 2.24) is 25.2 Å².